The van der Waals surface area contributed by atoms with Gasteiger partial charge in [-0.15, -0.1) is 0 Å². The van der Waals surface area contributed by atoms with Gasteiger partial charge < -0.3 is 19.9 Å². The van der Waals surface area contributed by atoms with Crippen LogP contribution in [-0.2, 0) is 22.4 Å². The molecule has 1 amide bonds. The van der Waals surface area contributed by atoms with Crippen molar-refractivity contribution >= 4 is 35.1 Å². The number of esters is 1. The Morgan fingerprint density at radius 1 is 0.969 bits per heavy atom. The van der Waals surface area contributed by atoms with Crippen molar-refractivity contribution in [2.75, 3.05) is 13.7 Å². The number of rotatable bonds is 8. The third-order valence-electron chi connectivity index (χ3n) is 4.61. The maximum atomic E-state index is 12.5. The van der Waals surface area contributed by atoms with E-state index in [2.05, 4.69) is 10.1 Å². The van der Waals surface area contributed by atoms with Crippen LogP contribution < -0.4 is 10.1 Å². The van der Waals surface area contributed by atoms with Crippen molar-refractivity contribution < 1.29 is 24.2 Å². The maximum Gasteiger partial charge on any atom is 0.309 e. The number of phenols is 1. The molecule has 0 radical (unpaired) electrons. The van der Waals surface area contributed by atoms with Gasteiger partial charge in [-0.05, 0) is 47.9 Å². The highest BCUT2D eigenvalue weighted by molar-refractivity contribution is 6.37. The summed E-state index contributed by atoms with van der Waals surface area (Å²) in [4.78, 5) is 24.0. The standard InChI is InChI=1S/C24H21Cl2NO5/c1-31-22(29)13-16-11-19(25)23(20(26)12-16)32-17-7-8-21(28)18(14-17)24(30)27-10-9-15-5-3-2-4-6-15/h2-8,11-12,14,28H,9-10,13H2,1H3,(H,27,30). The van der Waals surface area contributed by atoms with Gasteiger partial charge in [-0.2, -0.15) is 0 Å². The first kappa shape index (κ1) is 23.4. The highest BCUT2D eigenvalue weighted by Gasteiger charge is 2.16. The Morgan fingerprint density at radius 3 is 2.31 bits per heavy atom. The van der Waals surface area contributed by atoms with Gasteiger partial charge in [-0.1, -0.05) is 53.5 Å². The van der Waals surface area contributed by atoms with Crippen LogP contribution in [0, 0.1) is 0 Å². The second kappa shape index (κ2) is 10.9. The van der Waals surface area contributed by atoms with Crippen LogP contribution in [-0.4, -0.2) is 30.6 Å². The van der Waals surface area contributed by atoms with Crippen LogP contribution in [0.1, 0.15) is 21.5 Å². The quantitative estimate of drug-likeness (QED) is 0.440. The van der Waals surface area contributed by atoms with E-state index in [1.807, 2.05) is 30.3 Å². The molecule has 0 bridgehead atoms. The number of hydrogen-bond acceptors (Lipinski definition) is 5. The molecule has 0 saturated carbocycles. The van der Waals surface area contributed by atoms with Crippen LogP contribution >= 0.6 is 23.2 Å². The van der Waals surface area contributed by atoms with Crippen molar-refractivity contribution in [3.05, 3.63) is 87.4 Å². The van der Waals surface area contributed by atoms with Crippen molar-refractivity contribution in [3.63, 3.8) is 0 Å². The minimum atomic E-state index is -0.436. The normalized spacial score (nSPS) is 10.5. The largest absolute Gasteiger partial charge is 0.507 e. The summed E-state index contributed by atoms with van der Waals surface area (Å²) >= 11 is 12.6. The average Bonchev–Trinajstić information content (AvgIpc) is 2.78. The molecule has 6 nitrogen and oxygen atoms in total. The van der Waals surface area contributed by atoms with E-state index in [0.717, 1.165) is 5.56 Å². The summed E-state index contributed by atoms with van der Waals surface area (Å²) in [5, 5.41) is 13.3. The van der Waals surface area contributed by atoms with Crippen molar-refractivity contribution in [1.29, 1.82) is 0 Å². The molecule has 0 spiro atoms. The number of phenolic OH excluding ortho intramolecular Hbond substituents is 1. The van der Waals surface area contributed by atoms with E-state index in [1.54, 1.807) is 12.1 Å². The predicted octanol–water partition coefficient (Wildman–Crippen LogP) is 5.18. The number of halogens is 2. The molecule has 0 heterocycles. The minimum absolute atomic E-state index is 0.0166. The second-order valence-electron chi connectivity index (χ2n) is 6.91. The molecule has 0 aliphatic carbocycles. The monoisotopic (exact) mass is 473 g/mol. The first-order valence-corrected chi connectivity index (χ1v) is 10.5. The topological polar surface area (TPSA) is 84.9 Å². The fourth-order valence-electron chi connectivity index (χ4n) is 2.99. The van der Waals surface area contributed by atoms with Crippen LogP contribution in [0.2, 0.25) is 10.0 Å². The summed E-state index contributed by atoms with van der Waals surface area (Å²) < 4.78 is 10.4. The molecule has 2 N–H and O–H groups in total. The Bertz CT molecular complexity index is 1100. The number of methoxy groups -OCH3 is 1. The van der Waals surface area contributed by atoms with Crippen LogP contribution in [0.4, 0.5) is 0 Å². The fourth-order valence-corrected chi connectivity index (χ4v) is 3.60. The van der Waals surface area contributed by atoms with E-state index in [1.165, 1.54) is 25.3 Å². The van der Waals surface area contributed by atoms with Crippen LogP contribution in [0.25, 0.3) is 0 Å². The first-order chi connectivity index (χ1) is 15.4. The van der Waals surface area contributed by atoms with E-state index < -0.39 is 11.9 Å². The van der Waals surface area contributed by atoms with E-state index in [4.69, 9.17) is 27.9 Å². The minimum Gasteiger partial charge on any atom is -0.507 e. The van der Waals surface area contributed by atoms with Gasteiger partial charge >= 0.3 is 5.97 Å². The van der Waals surface area contributed by atoms with Gasteiger partial charge in [-0.3, -0.25) is 9.59 Å². The number of carbonyl (C=O) groups is 2. The Kier molecular flexibility index (Phi) is 7.98. The summed E-state index contributed by atoms with van der Waals surface area (Å²) in [6.45, 7) is 0.409. The van der Waals surface area contributed by atoms with E-state index in [0.29, 0.717) is 18.5 Å². The summed E-state index contributed by atoms with van der Waals surface area (Å²) in [5.74, 6) is -0.606. The molecule has 3 rings (SSSR count). The van der Waals surface area contributed by atoms with Gasteiger partial charge in [0.15, 0.2) is 5.75 Å². The number of carbonyl (C=O) groups excluding carboxylic acids is 2. The first-order valence-electron chi connectivity index (χ1n) is 9.75. The molecule has 3 aromatic carbocycles. The van der Waals surface area contributed by atoms with Gasteiger partial charge in [0.25, 0.3) is 5.91 Å². The number of nitrogens with one attached hydrogen (secondary N) is 1. The third kappa shape index (κ3) is 6.15. The lowest BCUT2D eigenvalue weighted by atomic mass is 10.1. The van der Waals surface area contributed by atoms with E-state index >= 15 is 0 Å². The molecule has 0 unspecified atom stereocenters. The smallest absolute Gasteiger partial charge is 0.309 e. The van der Waals surface area contributed by atoms with Gasteiger partial charge in [0.05, 0.1) is 29.1 Å². The van der Waals surface area contributed by atoms with Crippen molar-refractivity contribution in [3.8, 4) is 17.2 Å². The fraction of sp³-hybridized carbons (Fsp3) is 0.167. The highest BCUT2D eigenvalue weighted by atomic mass is 35.5. The maximum absolute atomic E-state index is 12.5. The molecular formula is C24H21Cl2NO5. The van der Waals surface area contributed by atoms with E-state index in [9.17, 15) is 14.7 Å². The van der Waals surface area contributed by atoms with Gasteiger partial charge in [-0.25, -0.2) is 0 Å². The Morgan fingerprint density at radius 2 is 1.66 bits per heavy atom. The molecule has 0 saturated heterocycles. The van der Waals surface area contributed by atoms with Crippen LogP contribution in [0.5, 0.6) is 17.2 Å². The number of benzene rings is 3. The molecule has 166 valence electrons. The third-order valence-corrected chi connectivity index (χ3v) is 5.17. The number of aromatic hydroxyl groups is 1. The molecule has 0 aromatic heterocycles. The number of hydrogen-bond donors (Lipinski definition) is 2. The zero-order valence-corrected chi connectivity index (χ0v) is 18.7. The Hall–Kier alpha value is -3.22. The molecule has 0 aliphatic heterocycles. The summed E-state index contributed by atoms with van der Waals surface area (Å²) in [6, 6.07) is 17.1. The van der Waals surface area contributed by atoms with Crippen LogP contribution in [0.3, 0.4) is 0 Å². The van der Waals surface area contributed by atoms with Crippen molar-refractivity contribution in [2.45, 2.75) is 12.8 Å². The lowest BCUT2D eigenvalue weighted by Crippen LogP contribution is -2.25. The molecule has 0 aliphatic rings. The van der Waals surface area contributed by atoms with Gasteiger partial charge in [0.1, 0.15) is 11.5 Å². The Balaban J connectivity index is 1.71. The molecule has 32 heavy (non-hydrogen) atoms. The van der Waals surface area contributed by atoms with Crippen molar-refractivity contribution in [2.24, 2.45) is 0 Å². The SMILES string of the molecule is COC(=O)Cc1cc(Cl)c(Oc2ccc(O)c(C(=O)NCCc3ccccc3)c2)c(Cl)c1. The molecule has 0 atom stereocenters. The average molecular weight is 474 g/mol. The number of ether oxygens (including phenoxy) is 2. The zero-order valence-electron chi connectivity index (χ0n) is 17.2. The summed E-state index contributed by atoms with van der Waals surface area (Å²) in [6.07, 6.45) is 0.676. The van der Waals surface area contributed by atoms with Gasteiger partial charge in [0, 0.05) is 6.54 Å². The summed E-state index contributed by atoms with van der Waals surface area (Å²) in [5.41, 5.74) is 1.72. The molecular weight excluding hydrogens is 453 g/mol. The predicted molar refractivity (Wildman–Crippen MR) is 123 cm³/mol. The lowest BCUT2D eigenvalue weighted by Gasteiger charge is -2.13. The summed E-state index contributed by atoms with van der Waals surface area (Å²) in [7, 11) is 1.29. The highest BCUT2D eigenvalue weighted by Crippen LogP contribution is 2.38. The van der Waals surface area contributed by atoms with Crippen molar-refractivity contribution in [1.82, 2.24) is 5.32 Å². The molecule has 8 heteroatoms. The number of amides is 1. The van der Waals surface area contributed by atoms with Crippen LogP contribution in [0.15, 0.2) is 60.7 Å². The second-order valence-corrected chi connectivity index (χ2v) is 7.73. The van der Waals surface area contributed by atoms with Gasteiger partial charge in [0.2, 0.25) is 0 Å². The lowest BCUT2D eigenvalue weighted by molar-refractivity contribution is -0.139. The zero-order chi connectivity index (χ0) is 23.1. The molecule has 3 aromatic rings. The van der Waals surface area contributed by atoms with E-state index in [-0.39, 0.29) is 39.3 Å². The Labute approximate surface area is 195 Å². The molecule has 0 fully saturated rings.